The van der Waals surface area contributed by atoms with Gasteiger partial charge in [0.25, 0.3) is 0 Å². The molecule has 0 radical (unpaired) electrons. The second-order valence-electron chi connectivity index (χ2n) is 5.35. The number of ether oxygens (including phenoxy) is 1. The first kappa shape index (κ1) is 15.8. The van der Waals surface area contributed by atoms with Crippen LogP contribution in [-0.4, -0.2) is 23.5 Å². The van der Waals surface area contributed by atoms with Gasteiger partial charge in [-0.15, -0.1) is 0 Å². The summed E-state index contributed by atoms with van der Waals surface area (Å²) < 4.78 is 10.5. The van der Waals surface area contributed by atoms with Gasteiger partial charge in [0.15, 0.2) is 0 Å². The highest BCUT2D eigenvalue weighted by atomic mass is 16.5. The van der Waals surface area contributed by atoms with Crippen LogP contribution in [0.5, 0.6) is 0 Å². The van der Waals surface area contributed by atoms with Crippen molar-refractivity contribution in [3.05, 3.63) is 59.9 Å². The highest BCUT2D eigenvalue weighted by Gasteiger charge is 2.13. The third-order valence-electron chi connectivity index (χ3n) is 3.78. The molecule has 2 aromatic carbocycles. The zero-order chi connectivity index (χ0) is 17.1. The second kappa shape index (κ2) is 6.58. The minimum Gasteiger partial charge on any atom is -0.460 e. The van der Waals surface area contributed by atoms with Crippen LogP contribution >= 0.6 is 0 Å². The van der Waals surface area contributed by atoms with E-state index in [0.717, 1.165) is 22.1 Å². The Kier molecular flexibility index (Phi) is 4.33. The Labute approximate surface area is 139 Å². The largest absolute Gasteiger partial charge is 0.460 e. The molecule has 0 bridgehead atoms. The summed E-state index contributed by atoms with van der Waals surface area (Å²) in [6, 6.07) is 15.1. The Bertz CT molecular complexity index is 907. The minimum absolute atomic E-state index is 0.203. The van der Waals surface area contributed by atoms with Crippen LogP contribution in [0.25, 0.3) is 22.1 Å². The Morgan fingerprint density at radius 1 is 1.12 bits per heavy atom. The molecule has 0 fully saturated rings. The van der Waals surface area contributed by atoms with E-state index in [-0.39, 0.29) is 5.76 Å². The Morgan fingerprint density at radius 3 is 2.50 bits per heavy atom. The Hall–Kier alpha value is -3.08. The quantitative estimate of drug-likeness (QED) is 0.333. The van der Waals surface area contributed by atoms with Crippen molar-refractivity contribution >= 4 is 22.7 Å². The van der Waals surface area contributed by atoms with Gasteiger partial charge in [0.2, 0.25) is 5.76 Å². The fourth-order valence-corrected chi connectivity index (χ4v) is 2.49. The minimum atomic E-state index is -0.460. The van der Waals surface area contributed by atoms with Crippen molar-refractivity contribution in [3.8, 4) is 11.1 Å². The van der Waals surface area contributed by atoms with Crippen molar-refractivity contribution in [1.82, 2.24) is 0 Å². The van der Waals surface area contributed by atoms with Crippen molar-refractivity contribution in [2.45, 2.75) is 13.8 Å². The van der Waals surface area contributed by atoms with Gasteiger partial charge in [0.1, 0.15) is 5.58 Å². The van der Waals surface area contributed by atoms with Gasteiger partial charge in [-0.05, 0) is 48.7 Å². The van der Waals surface area contributed by atoms with Gasteiger partial charge in [-0.3, -0.25) is 0 Å². The topological polar surface area (TPSA) is 72.0 Å². The van der Waals surface area contributed by atoms with Crippen LogP contribution < -0.4 is 0 Å². The number of nitrogens with zero attached hydrogens (tertiary/aromatic N) is 1. The van der Waals surface area contributed by atoms with E-state index in [2.05, 4.69) is 5.16 Å². The van der Waals surface area contributed by atoms with Crippen molar-refractivity contribution in [2.75, 3.05) is 6.61 Å². The summed E-state index contributed by atoms with van der Waals surface area (Å²) in [5, 5.41) is 12.9. The fraction of sp³-hybridized carbons (Fsp3) is 0.158. The lowest BCUT2D eigenvalue weighted by Gasteiger charge is -2.04. The monoisotopic (exact) mass is 323 g/mol. The molecular weight excluding hydrogens is 306 g/mol. The van der Waals surface area contributed by atoms with Crippen LogP contribution in [0.15, 0.2) is 58.1 Å². The van der Waals surface area contributed by atoms with Gasteiger partial charge in [-0.1, -0.05) is 35.5 Å². The number of esters is 1. The second-order valence-corrected chi connectivity index (χ2v) is 5.35. The average molecular weight is 323 g/mol. The van der Waals surface area contributed by atoms with Crippen LogP contribution in [0, 0.1) is 0 Å². The third-order valence-corrected chi connectivity index (χ3v) is 3.78. The zero-order valence-corrected chi connectivity index (χ0v) is 13.4. The lowest BCUT2D eigenvalue weighted by atomic mass is 10.0. The van der Waals surface area contributed by atoms with Crippen LogP contribution in [-0.2, 0) is 4.74 Å². The number of hydrogen-bond donors (Lipinski definition) is 1. The SMILES string of the molecule is CCOC(=O)c1cc2cc(-c3ccc(/C(C)=N/O)cc3)ccc2o1. The highest BCUT2D eigenvalue weighted by molar-refractivity contribution is 5.99. The highest BCUT2D eigenvalue weighted by Crippen LogP contribution is 2.27. The summed E-state index contributed by atoms with van der Waals surface area (Å²) in [5.74, 6) is -0.257. The normalized spacial score (nSPS) is 11.7. The summed E-state index contributed by atoms with van der Waals surface area (Å²) in [6.07, 6.45) is 0. The number of benzene rings is 2. The molecule has 1 heterocycles. The average Bonchev–Trinajstić information content (AvgIpc) is 3.04. The van der Waals surface area contributed by atoms with Crippen LogP contribution in [0.2, 0.25) is 0 Å². The first-order chi connectivity index (χ1) is 11.6. The lowest BCUT2D eigenvalue weighted by molar-refractivity contribution is 0.0492. The summed E-state index contributed by atoms with van der Waals surface area (Å²) in [7, 11) is 0. The van der Waals surface area contributed by atoms with E-state index >= 15 is 0 Å². The van der Waals surface area contributed by atoms with Crippen molar-refractivity contribution in [1.29, 1.82) is 0 Å². The predicted molar refractivity (Wildman–Crippen MR) is 91.6 cm³/mol. The molecule has 1 aromatic heterocycles. The number of hydrogen-bond acceptors (Lipinski definition) is 5. The first-order valence-corrected chi connectivity index (χ1v) is 7.62. The molecule has 0 unspecified atom stereocenters. The van der Waals surface area contributed by atoms with Gasteiger partial charge in [0, 0.05) is 5.39 Å². The van der Waals surface area contributed by atoms with Gasteiger partial charge < -0.3 is 14.4 Å². The maximum atomic E-state index is 11.8. The Balaban J connectivity index is 1.94. The van der Waals surface area contributed by atoms with Crippen molar-refractivity contribution in [2.24, 2.45) is 5.16 Å². The third kappa shape index (κ3) is 3.01. The van der Waals surface area contributed by atoms with E-state index in [1.165, 1.54) is 0 Å². The maximum Gasteiger partial charge on any atom is 0.374 e. The molecule has 5 nitrogen and oxygen atoms in total. The molecule has 0 atom stereocenters. The van der Waals surface area contributed by atoms with E-state index in [0.29, 0.717) is 17.9 Å². The molecule has 0 saturated carbocycles. The molecule has 0 aliphatic heterocycles. The zero-order valence-electron chi connectivity index (χ0n) is 13.4. The molecule has 3 aromatic rings. The number of oxime groups is 1. The van der Waals surface area contributed by atoms with Crippen molar-refractivity contribution < 1.29 is 19.2 Å². The number of rotatable bonds is 4. The van der Waals surface area contributed by atoms with E-state index in [9.17, 15) is 4.79 Å². The summed E-state index contributed by atoms with van der Waals surface area (Å²) in [6.45, 7) is 3.80. The molecule has 24 heavy (non-hydrogen) atoms. The van der Waals surface area contributed by atoms with Crippen LogP contribution in [0.1, 0.15) is 30.0 Å². The summed E-state index contributed by atoms with van der Waals surface area (Å²) in [5.41, 5.74) is 4.08. The molecule has 1 N–H and O–H groups in total. The van der Waals surface area contributed by atoms with E-state index in [4.69, 9.17) is 14.4 Å². The smallest absolute Gasteiger partial charge is 0.374 e. The molecule has 0 amide bonds. The molecule has 0 saturated heterocycles. The van der Waals surface area contributed by atoms with Gasteiger partial charge >= 0.3 is 5.97 Å². The van der Waals surface area contributed by atoms with E-state index < -0.39 is 5.97 Å². The van der Waals surface area contributed by atoms with E-state index in [1.807, 2.05) is 42.5 Å². The van der Waals surface area contributed by atoms with Crippen LogP contribution in [0.3, 0.4) is 0 Å². The first-order valence-electron chi connectivity index (χ1n) is 7.62. The fourth-order valence-electron chi connectivity index (χ4n) is 2.49. The molecule has 0 aliphatic carbocycles. The summed E-state index contributed by atoms with van der Waals surface area (Å²) >= 11 is 0. The lowest BCUT2D eigenvalue weighted by Crippen LogP contribution is -2.02. The number of furan rings is 1. The molecular formula is C19H17NO4. The van der Waals surface area contributed by atoms with Crippen molar-refractivity contribution in [3.63, 3.8) is 0 Å². The van der Waals surface area contributed by atoms with Gasteiger partial charge in [-0.25, -0.2) is 4.79 Å². The predicted octanol–water partition coefficient (Wildman–Crippen LogP) is 4.47. The molecule has 0 aliphatic rings. The van der Waals surface area contributed by atoms with Gasteiger partial charge in [0.05, 0.1) is 12.3 Å². The number of carbonyl (C=O) groups excluding carboxylic acids is 1. The van der Waals surface area contributed by atoms with Gasteiger partial charge in [-0.2, -0.15) is 0 Å². The molecule has 5 heteroatoms. The molecule has 3 rings (SSSR count). The standard InChI is InChI=1S/C19H17NO4/c1-3-23-19(21)18-11-16-10-15(8-9-17(16)24-18)14-6-4-13(5-7-14)12(2)20-22/h4-11,22H,3H2,1-2H3/b20-12+. The van der Waals surface area contributed by atoms with E-state index in [1.54, 1.807) is 19.9 Å². The van der Waals surface area contributed by atoms with Crippen LogP contribution in [0.4, 0.5) is 0 Å². The number of carbonyl (C=O) groups is 1. The molecule has 0 spiro atoms. The summed E-state index contributed by atoms with van der Waals surface area (Å²) in [4.78, 5) is 11.8. The number of fused-ring (bicyclic) bond motifs is 1. The molecule has 122 valence electrons. The maximum absolute atomic E-state index is 11.8. The Morgan fingerprint density at radius 2 is 1.83 bits per heavy atom.